The first-order chi connectivity index (χ1) is 16.1. The second kappa shape index (κ2) is 8.56. The van der Waals surface area contributed by atoms with Crippen LogP contribution in [0.2, 0.25) is 0 Å². The number of rotatable bonds is 4. The Labute approximate surface area is 197 Å². The van der Waals surface area contributed by atoms with Crippen LogP contribution in [-0.2, 0) is 33.1 Å². The van der Waals surface area contributed by atoms with Gasteiger partial charge in [0.15, 0.2) is 0 Å². The summed E-state index contributed by atoms with van der Waals surface area (Å²) in [6.07, 6.45) is -11.4. The molecule has 0 amide bonds. The van der Waals surface area contributed by atoms with Crippen LogP contribution in [-0.4, -0.2) is 14.7 Å². The number of benzene rings is 3. The van der Waals surface area contributed by atoms with Crippen molar-refractivity contribution >= 4 is 10.1 Å². The molecule has 0 N–H and O–H groups in total. The van der Waals surface area contributed by atoms with Gasteiger partial charge in [-0.1, -0.05) is 35.9 Å². The van der Waals surface area contributed by atoms with Gasteiger partial charge in [0.2, 0.25) is 6.29 Å². The molecule has 0 bridgehead atoms. The van der Waals surface area contributed by atoms with Gasteiger partial charge < -0.3 is 4.74 Å². The normalized spacial score (nSPS) is 16.2. The molecule has 3 aromatic carbocycles. The summed E-state index contributed by atoms with van der Waals surface area (Å²) < 4.78 is 116. The van der Waals surface area contributed by atoms with Gasteiger partial charge in [-0.2, -0.15) is 34.8 Å². The summed E-state index contributed by atoms with van der Waals surface area (Å²) >= 11 is 0. The van der Waals surface area contributed by atoms with Crippen molar-refractivity contribution < 1.29 is 43.7 Å². The Balaban J connectivity index is 1.70. The fourth-order valence-electron chi connectivity index (χ4n) is 3.90. The summed E-state index contributed by atoms with van der Waals surface area (Å²) in [4.78, 5) is -0.0735. The zero-order valence-corrected chi connectivity index (χ0v) is 19.1. The molecule has 4 rings (SSSR count). The van der Waals surface area contributed by atoms with E-state index < -0.39 is 39.9 Å². The van der Waals surface area contributed by atoms with Gasteiger partial charge >= 0.3 is 22.5 Å². The number of hydrogen-bond acceptors (Lipinski definition) is 4. The molecular weight excluding hydrogens is 498 g/mol. The molecule has 0 spiro atoms. The number of fused-ring (bicyclic) bond motifs is 1. The fourth-order valence-corrected chi connectivity index (χ4v) is 5.08. The predicted molar refractivity (Wildman–Crippen MR) is 114 cm³/mol. The van der Waals surface area contributed by atoms with Crippen molar-refractivity contribution in [2.75, 3.05) is 0 Å². The van der Waals surface area contributed by atoms with Gasteiger partial charge in [-0.3, -0.25) is 0 Å². The van der Waals surface area contributed by atoms with E-state index in [0.29, 0.717) is 23.3 Å². The Morgan fingerprint density at radius 1 is 0.886 bits per heavy atom. The van der Waals surface area contributed by atoms with E-state index in [2.05, 4.69) is 0 Å². The second-order valence-electron chi connectivity index (χ2n) is 8.16. The van der Waals surface area contributed by atoms with Crippen molar-refractivity contribution in [3.05, 3.63) is 82.4 Å². The van der Waals surface area contributed by atoms with Crippen LogP contribution in [0.4, 0.5) is 26.3 Å². The molecule has 4 nitrogen and oxygen atoms in total. The lowest BCUT2D eigenvalue weighted by Gasteiger charge is -2.17. The maximum absolute atomic E-state index is 13.3. The highest BCUT2D eigenvalue weighted by atomic mass is 32.2. The molecule has 1 aliphatic rings. The zero-order chi connectivity index (χ0) is 25.8. The van der Waals surface area contributed by atoms with E-state index in [4.69, 9.17) is 8.92 Å². The Bertz CT molecular complexity index is 1360. The zero-order valence-electron chi connectivity index (χ0n) is 18.3. The van der Waals surface area contributed by atoms with E-state index in [0.717, 1.165) is 5.56 Å². The van der Waals surface area contributed by atoms with Crippen LogP contribution >= 0.6 is 0 Å². The van der Waals surface area contributed by atoms with Crippen LogP contribution in [0.25, 0.3) is 11.1 Å². The Morgan fingerprint density at radius 2 is 1.51 bits per heavy atom. The van der Waals surface area contributed by atoms with Gasteiger partial charge in [0, 0.05) is 17.5 Å². The number of ether oxygens (including phenoxy) is 1. The van der Waals surface area contributed by atoms with E-state index in [1.54, 1.807) is 26.0 Å². The molecule has 1 aliphatic heterocycles. The van der Waals surface area contributed by atoms with E-state index in [1.165, 1.54) is 24.3 Å². The minimum Gasteiger partial charge on any atom is -0.462 e. The summed E-state index contributed by atoms with van der Waals surface area (Å²) in [5.41, 5.74) is -1.68. The highest BCUT2D eigenvalue weighted by molar-refractivity contribution is 7.86. The summed E-state index contributed by atoms with van der Waals surface area (Å²) in [5.74, 6) is -0.0409. The molecule has 11 heteroatoms. The first-order valence-corrected chi connectivity index (χ1v) is 11.6. The molecule has 0 aliphatic carbocycles. The monoisotopic (exact) mass is 516 g/mol. The smallest absolute Gasteiger partial charge is 0.416 e. The van der Waals surface area contributed by atoms with Crippen LogP contribution in [0.1, 0.15) is 27.8 Å². The molecule has 0 aromatic heterocycles. The van der Waals surface area contributed by atoms with Gasteiger partial charge in [0.1, 0.15) is 5.75 Å². The van der Waals surface area contributed by atoms with Crippen LogP contribution in [0.3, 0.4) is 0 Å². The van der Waals surface area contributed by atoms with Gasteiger partial charge in [0.05, 0.1) is 16.0 Å². The molecule has 0 saturated carbocycles. The van der Waals surface area contributed by atoms with Gasteiger partial charge in [-0.15, -0.1) is 0 Å². The summed E-state index contributed by atoms with van der Waals surface area (Å²) in [5, 5.41) is 0. The molecule has 186 valence electrons. The van der Waals surface area contributed by atoms with E-state index in [1.807, 2.05) is 0 Å². The van der Waals surface area contributed by atoms with Crippen molar-refractivity contribution in [2.24, 2.45) is 0 Å². The molecule has 1 unspecified atom stereocenters. The first kappa shape index (κ1) is 25.1. The van der Waals surface area contributed by atoms with Crippen molar-refractivity contribution in [3.8, 4) is 16.9 Å². The molecule has 1 heterocycles. The molecule has 0 saturated heterocycles. The lowest BCUT2D eigenvalue weighted by atomic mass is 9.96. The first-order valence-electron chi connectivity index (χ1n) is 10.2. The predicted octanol–water partition coefficient (Wildman–Crippen LogP) is 6.67. The van der Waals surface area contributed by atoms with Crippen LogP contribution in [0.15, 0.2) is 59.5 Å². The molecule has 0 radical (unpaired) electrons. The average Bonchev–Trinajstić information content (AvgIpc) is 3.13. The topological polar surface area (TPSA) is 52.6 Å². The highest BCUT2D eigenvalue weighted by Gasteiger charge is 2.38. The summed E-state index contributed by atoms with van der Waals surface area (Å²) in [6.45, 7) is 3.39. The van der Waals surface area contributed by atoms with Crippen molar-refractivity contribution in [3.63, 3.8) is 0 Å². The van der Waals surface area contributed by atoms with Crippen molar-refractivity contribution in [1.82, 2.24) is 0 Å². The summed E-state index contributed by atoms with van der Waals surface area (Å²) in [6, 6.07) is 10.1. The lowest BCUT2D eigenvalue weighted by Crippen LogP contribution is -2.23. The maximum Gasteiger partial charge on any atom is 0.416 e. The largest absolute Gasteiger partial charge is 0.462 e. The number of alkyl halides is 6. The third-order valence-corrected chi connectivity index (χ3v) is 6.93. The lowest BCUT2D eigenvalue weighted by molar-refractivity contribution is -0.143. The van der Waals surface area contributed by atoms with Gasteiger partial charge in [-0.05, 0) is 49.2 Å². The third kappa shape index (κ3) is 5.15. The van der Waals surface area contributed by atoms with E-state index in [9.17, 15) is 34.8 Å². The van der Waals surface area contributed by atoms with Crippen molar-refractivity contribution in [1.29, 1.82) is 0 Å². The molecule has 3 aromatic rings. The Hall–Kier alpha value is -3.05. The maximum atomic E-state index is 13.3. The number of hydrogen-bond donors (Lipinski definition) is 0. The molecule has 0 fully saturated rings. The standard InChI is InChI=1S/C24H18F6O4S/c1-13-6-7-20(14(2)8-13)35(31,32)34-21-11-15-4-3-5-19(22(15)33-21)16-9-17(23(25,26)27)12-18(10-16)24(28,29)30/h3-10,12,21H,11H2,1-2H3. The second-order valence-corrected chi connectivity index (χ2v) is 9.70. The van der Waals surface area contributed by atoms with Gasteiger partial charge in [-0.25, -0.2) is 4.18 Å². The minimum absolute atomic E-state index is 0.0376. The number of para-hydroxylation sites is 1. The minimum atomic E-state index is -5.01. The quantitative estimate of drug-likeness (QED) is 0.287. The van der Waals surface area contributed by atoms with E-state index >= 15 is 0 Å². The van der Waals surface area contributed by atoms with Crippen molar-refractivity contribution in [2.45, 2.75) is 43.8 Å². The van der Waals surface area contributed by atoms with Gasteiger partial charge in [0.25, 0.3) is 0 Å². The highest BCUT2D eigenvalue weighted by Crippen LogP contribution is 2.44. The number of aryl methyl sites for hydroxylation is 2. The molecule has 35 heavy (non-hydrogen) atoms. The molecule has 1 atom stereocenters. The average molecular weight is 516 g/mol. The van der Waals surface area contributed by atoms with Crippen LogP contribution in [0.5, 0.6) is 5.75 Å². The summed E-state index contributed by atoms with van der Waals surface area (Å²) in [7, 11) is -4.26. The SMILES string of the molecule is Cc1ccc(S(=O)(=O)OC2Cc3cccc(-c4cc(C(F)(F)F)cc(C(F)(F)F)c4)c3O2)c(C)c1. The Kier molecular flexibility index (Phi) is 6.13. The van der Waals surface area contributed by atoms with Crippen LogP contribution < -0.4 is 4.74 Å². The fraction of sp³-hybridized carbons (Fsp3) is 0.250. The van der Waals surface area contributed by atoms with Crippen LogP contribution in [0, 0.1) is 13.8 Å². The molecular formula is C24H18F6O4S. The third-order valence-electron chi connectivity index (χ3n) is 5.46. The number of halogens is 6. The Morgan fingerprint density at radius 3 is 2.09 bits per heavy atom. The van der Waals surface area contributed by atoms with E-state index in [-0.39, 0.29) is 34.3 Å².